The van der Waals surface area contributed by atoms with Gasteiger partial charge in [0.05, 0.1) is 6.20 Å². The van der Waals surface area contributed by atoms with Crippen LogP contribution in [-0.2, 0) is 0 Å². The lowest BCUT2D eigenvalue weighted by Crippen LogP contribution is -2.28. The summed E-state index contributed by atoms with van der Waals surface area (Å²) in [7, 11) is 0. The van der Waals surface area contributed by atoms with Crippen LogP contribution in [0, 0.1) is 11.6 Å². The molecule has 1 aliphatic heterocycles. The zero-order valence-electron chi connectivity index (χ0n) is 12.9. The Balaban J connectivity index is 0.00000208. The third-order valence-electron chi connectivity index (χ3n) is 3.96. The number of nitrogens with one attached hydrogen (secondary N) is 2. The molecule has 3 rings (SSSR count). The monoisotopic (exact) mass is 353 g/mol. The van der Waals surface area contributed by atoms with Crippen LogP contribution in [0.1, 0.15) is 34.8 Å². The summed E-state index contributed by atoms with van der Waals surface area (Å²) in [6, 6.07) is 8.12. The van der Waals surface area contributed by atoms with Crippen molar-refractivity contribution in [1.29, 1.82) is 0 Å². The summed E-state index contributed by atoms with van der Waals surface area (Å²) in [5, 5.41) is 5.93. The minimum absolute atomic E-state index is 0. The number of carbonyl (C=O) groups is 1. The third kappa shape index (κ3) is 4.27. The molecule has 2 N–H and O–H groups in total. The fourth-order valence-electron chi connectivity index (χ4n) is 2.75. The number of amides is 1. The van der Waals surface area contributed by atoms with E-state index in [0.717, 1.165) is 32.1 Å². The van der Waals surface area contributed by atoms with Crippen molar-refractivity contribution >= 4 is 24.0 Å². The molecule has 0 bridgehead atoms. The number of pyridine rings is 1. The number of benzene rings is 1. The second kappa shape index (κ2) is 8.17. The fraction of sp³-hybridized carbons (Fsp3) is 0.294. The molecule has 1 saturated heterocycles. The quantitative estimate of drug-likeness (QED) is 0.888. The molecule has 0 aliphatic carbocycles. The van der Waals surface area contributed by atoms with Crippen LogP contribution in [0.5, 0.6) is 0 Å². The van der Waals surface area contributed by atoms with Crippen LogP contribution in [0.25, 0.3) is 0 Å². The Morgan fingerprint density at radius 1 is 1.25 bits per heavy atom. The second-order valence-electron chi connectivity index (χ2n) is 5.60. The molecule has 0 spiro atoms. The van der Waals surface area contributed by atoms with Crippen molar-refractivity contribution in [3.63, 3.8) is 0 Å². The van der Waals surface area contributed by atoms with E-state index in [1.54, 1.807) is 12.1 Å². The topological polar surface area (TPSA) is 54.0 Å². The average Bonchev–Trinajstić information content (AvgIpc) is 2.56. The summed E-state index contributed by atoms with van der Waals surface area (Å²) >= 11 is 0. The van der Waals surface area contributed by atoms with Gasteiger partial charge in [0.1, 0.15) is 5.82 Å². The first-order valence-corrected chi connectivity index (χ1v) is 7.56. The highest BCUT2D eigenvalue weighted by Crippen LogP contribution is 2.24. The van der Waals surface area contributed by atoms with Gasteiger partial charge in [-0.1, -0.05) is 12.1 Å². The Morgan fingerprint density at radius 2 is 2.00 bits per heavy atom. The van der Waals surface area contributed by atoms with E-state index < -0.39 is 23.2 Å². The van der Waals surface area contributed by atoms with Crippen molar-refractivity contribution in [1.82, 2.24) is 10.3 Å². The lowest BCUT2D eigenvalue weighted by Gasteiger charge is -2.23. The Hall–Kier alpha value is -2.05. The highest BCUT2D eigenvalue weighted by molar-refractivity contribution is 6.03. The number of rotatable bonds is 3. The van der Waals surface area contributed by atoms with Crippen LogP contribution < -0.4 is 10.6 Å². The first-order valence-electron chi connectivity index (χ1n) is 7.56. The van der Waals surface area contributed by atoms with E-state index in [9.17, 15) is 13.6 Å². The minimum atomic E-state index is -0.979. The number of nitrogens with zero attached hydrogens (tertiary/aromatic N) is 1. The molecule has 7 heteroatoms. The molecule has 0 saturated carbocycles. The van der Waals surface area contributed by atoms with Crippen LogP contribution in [0.15, 0.2) is 36.5 Å². The lowest BCUT2D eigenvalue weighted by molar-refractivity contribution is 0.101. The molecule has 1 unspecified atom stereocenters. The van der Waals surface area contributed by atoms with Crippen LogP contribution in [0.3, 0.4) is 0 Å². The maximum atomic E-state index is 13.5. The van der Waals surface area contributed by atoms with Crippen molar-refractivity contribution in [3.05, 3.63) is 59.4 Å². The number of aromatic nitrogens is 1. The molecule has 2 aromatic rings. The molecule has 24 heavy (non-hydrogen) atoms. The zero-order valence-corrected chi connectivity index (χ0v) is 13.7. The van der Waals surface area contributed by atoms with Crippen molar-refractivity contribution < 1.29 is 13.6 Å². The molecule has 1 aromatic carbocycles. The molecule has 1 aromatic heterocycles. The van der Waals surface area contributed by atoms with Crippen LogP contribution >= 0.6 is 12.4 Å². The Bertz CT molecular complexity index is 703. The van der Waals surface area contributed by atoms with Gasteiger partial charge in [-0.2, -0.15) is 0 Å². The van der Waals surface area contributed by atoms with E-state index >= 15 is 0 Å². The predicted octanol–water partition coefficient (Wildman–Crippen LogP) is 3.50. The van der Waals surface area contributed by atoms with Crippen molar-refractivity contribution in [2.45, 2.75) is 18.8 Å². The van der Waals surface area contributed by atoms with Gasteiger partial charge in [0, 0.05) is 18.3 Å². The van der Waals surface area contributed by atoms with Crippen molar-refractivity contribution in [2.75, 3.05) is 18.4 Å². The fourth-order valence-corrected chi connectivity index (χ4v) is 2.75. The van der Waals surface area contributed by atoms with Gasteiger partial charge in [0.25, 0.3) is 5.91 Å². The van der Waals surface area contributed by atoms with Gasteiger partial charge in [-0.05, 0) is 43.0 Å². The molecule has 1 atom stereocenters. The lowest BCUT2D eigenvalue weighted by atomic mass is 9.92. The summed E-state index contributed by atoms with van der Waals surface area (Å²) in [5.41, 5.74) is 1.33. The highest BCUT2D eigenvalue weighted by Gasteiger charge is 2.16. The first-order chi connectivity index (χ1) is 11.1. The van der Waals surface area contributed by atoms with Crippen LogP contribution in [0.2, 0.25) is 0 Å². The number of hydrogen-bond donors (Lipinski definition) is 2. The Morgan fingerprint density at radius 3 is 2.62 bits per heavy atom. The molecule has 1 fully saturated rings. The minimum Gasteiger partial charge on any atom is -0.321 e. The van der Waals surface area contributed by atoms with Gasteiger partial charge in [-0.3, -0.25) is 4.79 Å². The van der Waals surface area contributed by atoms with E-state index in [0.29, 0.717) is 17.7 Å². The van der Waals surface area contributed by atoms with Gasteiger partial charge >= 0.3 is 0 Å². The molecule has 128 valence electrons. The highest BCUT2D eigenvalue weighted by atomic mass is 35.5. The first kappa shape index (κ1) is 18.3. The summed E-state index contributed by atoms with van der Waals surface area (Å²) < 4.78 is 26.4. The van der Waals surface area contributed by atoms with E-state index in [2.05, 4.69) is 15.6 Å². The predicted molar refractivity (Wildman–Crippen MR) is 90.6 cm³/mol. The SMILES string of the molecule is Cl.O=C(Nc1ccc(C2CCCNC2)cc1)c1ncc(F)cc1F. The molecule has 0 radical (unpaired) electrons. The summed E-state index contributed by atoms with van der Waals surface area (Å²) in [4.78, 5) is 15.5. The Labute approximate surface area is 145 Å². The molecule has 4 nitrogen and oxygen atoms in total. The molecule has 1 aliphatic rings. The smallest absolute Gasteiger partial charge is 0.277 e. The zero-order chi connectivity index (χ0) is 16.2. The molecule has 2 heterocycles. The Kier molecular flexibility index (Phi) is 6.23. The number of halogens is 3. The number of hydrogen-bond acceptors (Lipinski definition) is 3. The third-order valence-corrected chi connectivity index (χ3v) is 3.96. The van der Waals surface area contributed by atoms with E-state index in [4.69, 9.17) is 0 Å². The summed E-state index contributed by atoms with van der Waals surface area (Å²) in [5.74, 6) is -2.02. The number of piperidine rings is 1. The van der Waals surface area contributed by atoms with Crippen molar-refractivity contribution in [3.8, 4) is 0 Å². The van der Waals surface area contributed by atoms with E-state index in [-0.39, 0.29) is 12.4 Å². The largest absolute Gasteiger partial charge is 0.321 e. The maximum absolute atomic E-state index is 13.5. The standard InChI is InChI=1S/C17H17F2N3O.ClH/c18-13-8-15(19)16(21-10-13)17(23)22-14-5-3-11(4-6-14)12-2-1-7-20-9-12;/h3-6,8,10,12,20H,1-2,7,9H2,(H,22,23);1H. The van der Waals surface area contributed by atoms with E-state index in [1.165, 1.54) is 5.56 Å². The average molecular weight is 354 g/mol. The van der Waals surface area contributed by atoms with Crippen molar-refractivity contribution in [2.24, 2.45) is 0 Å². The summed E-state index contributed by atoms with van der Waals surface area (Å²) in [6.07, 6.45) is 3.11. The summed E-state index contributed by atoms with van der Waals surface area (Å²) in [6.45, 7) is 2.01. The van der Waals surface area contributed by atoms with Crippen LogP contribution in [-0.4, -0.2) is 24.0 Å². The van der Waals surface area contributed by atoms with E-state index in [1.807, 2.05) is 12.1 Å². The van der Waals surface area contributed by atoms with Gasteiger partial charge in [0.2, 0.25) is 0 Å². The van der Waals surface area contributed by atoms with Gasteiger partial charge in [0.15, 0.2) is 11.5 Å². The molecular weight excluding hydrogens is 336 g/mol. The molecular formula is C17H18ClF2N3O. The normalized spacial score (nSPS) is 17.0. The number of carbonyl (C=O) groups excluding carboxylic acids is 1. The second-order valence-corrected chi connectivity index (χ2v) is 5.60. The van der Waals surface area contributed by atoms with Gasteiger partial charge in [-0.25, -0.2) is 13.8 Å². The van der Waals surface area contributed by atoms with Gasteiger partial charge < -0.3 is 10.6 Å². The van der Waals surface area contributed by atoms with Gasteiger partial charge in [-0.15, -0.1) is 12.4 Å². The van der Waals surface area contributed by atoms with Crippen LogP contribution in [0.4, 0.5) is 14.5 Å². The molecule has 1 amide bonds. The maximum Gasteiger partial charge on any atom is 0.277 e. The number of anilines is 1.